The van der Waals surface area contributed by atoms with Gasteiger partial charge in [-0.15, -0.1) is 11.3 Å². The van der Waals surface area contributed by atoms with E-state index in [0.717, 1.165) is 25.8 Å². The Labute approximate surface area is 114 Å². The normalized spacial score (nSPS) is 18.1. The number of ether oxygens (including phenoxy) is 1. The van der Waals surface area contributed by atoms with Crippen molar-refractivity contribution in [3.05, 3.63) is 15.6 Å². The fourth-order valence-corrected chi connectivity index (χ4v) is 3.75. The van der Waals surface area contributed by atoms with Crippen molar-refractivity contribution in [1.29, 1.82) is 0 Å². The van der Waals surface area contributed by atoms with Gasteiger partial charge in [0.15, 0.2) is 0 Å². The second-order valence-electron chi connectivity index (χ2n) is 5.57. The van der Waals surface area contributed by atoms with E-state index in [0.29, 0.717) is 5.92 Å². The Kier molecular flexibility index (Phi) is 4.41. The molecule has 1 aliphatic carbocycles. The molecule has 1 aromatic rings. The second kappa shape index (κ2) is 5.68. The molecular weight excluding hydrogens is 244 g/mol. The molecule has 0 aliphatic heterocycles. The molecule has 0 spiro atoms. The minimum absolute atomic E-state index is 0.0671. The minimum atomic E-state index is -0.0671. The maximum Gasteiger partial charge on any atom is 0.125 e. The maximum absolute atomic E-state index is 5.74. The van der Waals surface area contributed by atoms with Crippen LogP contribution in [0, 0.1) is 5.92 Å². The summed E-state index contributed by atoms with van der Waals surface area (Å²) in [6, 6.07) is 0. The smallest absolute Gasteiger partial charge is 0.125 e. The number of hydrogen-bond donors (Lipinski definition) is 1. The van der Waals surface area contributed by atoms with Gasteiger partial charge < -0.3 is 10.1 Å². The molecule has 0 atom stereocenters. The first-order valence-corrected chi connectivity index (χ1v) is 7.62. The molecule has 18 heavy (non-hydrogen) atoms. The Bertz CT molecular complexity index is 391. The van der Waals surface area contributed by atoms with Crippen LogP contribution in [-0.2, 0) is 23.3 Å². The van der Waals surface area contributed by atoms with E-state index in [4.69, 9.17) is 9.72 Å². The standard InChI is InChI=1S/C14H24N2OS/c1-10(2)8-11-12(9-15-3)18-13(16-11)14(17-4)6-5-7-14/h10,15H,5-9H2,1-4H3. The van der Waals surface area contributed by atoms with Crippen molar-refractivity contribution in [3.63, 3.8) is 0 Å². The van der Waals surface area contributed by atoms with Gasteiger partial charge in [-0.25, -0.2) is 4.98 Å². The number of nitrogens with one attached hydrogen (secondary N) is 1. The average molecular weight is 268 g/mol. The van der Waals surface area contributed by atoms with Gasteiger partial charge >= 0.3 is 0 Å². The Balaban J connectivity index is 2.26. The minimum Gasteiger partial charge on any atom is -0.371 e. The first-order valence-electron chi connectivity index (χ1n) is 6.80. The van der Waals surface area contributed by atoms with Crippen molar-refractivity contribution in [3.8, 4) is 0 Å². The number of aromatic nitrogens is 1. The highest BCUT2D eigenvalue weighted by molar-refractivity contribution is 7.11. The molecule has 4 heteroatoms. The number of nitrogens with zero attached hydrogens (tertiary/aromatic N) is 1. The van der Waals surface area contributed by atoms with Crippen LogP contribution in [0.15, 0.2) is 0 Å². The number of methoxy groups -OCH3 is 1. The lowest BCUT2D eigenvalue weighted by Crippen LogP contribution is -2.35. The highest BCUT2D eigenvalue weighted by Crippen LogP contribution is 2.46. The average Bonchev–Trinajstić information content (AvgIpc) is 2.61. The Morgan fingerprint density at radius 1 is 1.44 bits per heavy atom. The predicted octanol–water partition coefficient (Wildman–Crippen LogP) is 3.09. The third-order valence-corrected chi connectivity index (χ3v) is 4.94. The molecule has 0 saturated heterocycles. The van der Waals surface area contributed by atoms with E-state index >= 15 is 0 Å². The zero-order valence-electron chi connectivity index (χ0n) is 11.9. The molecule has 0 radical (unpaired) electrons. The summed E-state index contributed by atoms with van der Waals surface area (Å²) in [7, 11) is 3.81. The molecular formula is C14H24N2OS. The predicted molar refractivity (Wildman–Crippen MR) is 76.0 cm³/mol. The SMILES string of the molecule is CNCc1sc(C2(OC)CCC2)nc1CC(C)C. The van der Waals surface area contributed by atoms with E-state index in [1.165, 1.54) is 22.0 Å². The van der Waals surface area contributed by atoms with Gasteiger partial charge in [0.2, 0.25) is 0 Å². The molecule has 1 aromatic heterocycles. The largest absolute Gasteiger partial charge is 0.371 e. The summed E-state index contributed by atoms with van der Waals surface area (Å²) >= 11 is 1.83. The monoisotopic (exact) mass is 268 g/mol. The van der Waals surface area contributed by atoms with Gasteiger partial charge in [-0.2, -0.15) is 0 Å². The summed E-state index contributed by atoms with van der Waals surface area (Å²) in [5, 5.41) is 4.44. The molecule has 102 valence electrons. The molecule has 1 saturated carbocycles. The third kappa shape index (κ3) is 2.60. The topological polar surface area (TPSA) is 34.1 Å². The number of hydrogen-bond acceptors (Lipinski definition) is 4. The van der Waals surface area contributed by atoms with Crippen LogP contribution in [0.1, 0.15) is 48.7 Å². The summed E-state index contributed by atoms with van der Waals surface area (Å²) in [6.07, 6.45) is 4.57. The van der Waals surface area contributed by atoms with Gasteiger partial charge in [0, 0.05) is 18.5 Å². The molecule has 1 aliphatic rings. The van der Waals surface area contributed by atoms with Crippen LogP contribution >= 0.6 is 11.3 Å². The van der Waals surface area contributed by atoms with Crippen molar-refractivity contribution < 1.29 is 4.74 Å². The molecule has 0 amide bonds. The zero-order valence-corrected chi connectivity index (χ0v) is 12.7. The summed E-state index contributed by atoms with van der Waals surface area (Å²) in [5.41, 5.74) is 1.20. The van der Waals surface area contributed by atoms with Gasteiger partial charge in [0.25, 0.3) is 0 Å². The van der Waals surface area contributed by atoms with Crippen molar-refractivity contribution in [2.75, 3.05) is 14.2 Å². The lowest BCUT2D eigenvalue weighted by Gasteiger charge is -2.38. The van der Waals surface area contributed by atoms with Gasteiger partial charge in [-0.1, -0.05) is 13.8 Å². The lowest BCUT2D eigenvalue weighted by molar-refractivity contribution is -0.0780. The first kappa shape index (κ1) is 14.0. The van der Waals surface area contributed by atoms with Crippen molar-refractivity contribution in [2.24, 2.45) is 5.92 Å². The highest BCUT2D eigenvalue weighted by Gasteiger charge is 2.42. The van der Waals surface area contributed by atoms with E-state index < -0.39 is 0 Å². The van der Waals surface area contributed by atoms with E-state index in [-0.39, 0.29) is 5.60 Å². The molecule has 0 bridgehead atoms. The van der Waals surface area contributed by atoms with Gasteiger partial charge in [0.1, 0.15) is 10.6 Å². The maximum atomic E-state index is 5.74. The number of thiazole rings is 1. The van der Waals surface area contributed by atoms with Crippen LogP contribution in [0.3, 0.4) is 0 Å². The molecule has 3 nitrogen and oxygen atoms in total. The third-order valence-electron chi connectivity index (χ3n) is 3.66. The van der Waals surface area contributed by atoms with Gasteiger partial charge in [-0.3, -0.25) is 0 Å². The van der Waals surface area contributed by atoms with Crippen LogP contribution in [0.25, 0.3) is 0 Å². The molecule has 0 aromatic carbocycles. The summed E-state index contributed by atoms with van der Waals surface area (Å²) in [5.74, 6) is 0.649. The van der Waals surface area contributed by atoms with E-state index in [2.05, 4.69) is 19.2 Å². The van der Waals surface area contributed by atoms with Crippen molar-refractivity contribution in [2.45, 2.75) is 51.7 Å². The van der Waals surface area contributed by atoms with Gasteiger partial charge in [-0.05, 0) is 38.6 Å². The summed E-state index contributed by atoms with van der Waals surface area (Å²) in [4.78, 5) is 6.27. The lowest BCUT2D eigenvalue weighted by atomic mass is 9.80. The van der Waals surface area contributed by atoms with E-state index in [9.17, 15) is 0 Å². The van der Waals surface area contributed by atoms with Gasteiger partial charge in [0.05, 0.1) is 5.69 Å². The molecule has 1 fully saturated rings. The van der Waals surface area contributed by atoms with Crippen molar-refractivity contribution in [1.82, 2.24) is 10.3 Å². The van der Waals surface area contributed by atoms with E-state index in [1.807, 2.05) is 25.5 Å². The fraction of sp³-hybridized carbons (Fsp3) is 0.786. The highest BCUT2D eigenvalue weighted by atomic mass is 32.1. The summed E-state index contributed by atoms with van der Waals surface area (Å²) < 4.78 is 5.74. The first-order chi connectivity index (χ1) is 8.61. The quantitative estimate of drug-likeness (QED) is 0.861. The van der Waals surface area contributed by atoms with E-state index in [1.54, 1.807) is 0 Å². The second-order valence-corrected chi connectivity index (χ2v) is 6.65. The Hall–Kier alpha value is -0.450. The number of rotatable bonds is 6. The van der Waals surface area contributed by atoms with Crippen molar-refractivity contribution >= 4 is 11.3 Å². The van der Waals surface area contributed by atoms with Crippen LogP contribution < -0.4 is 5.32 Å². The molecule has 0 unspecified atom stereocenters. The molecule has 1 N–H and O–H groups in total. The van der Waals surface area contributed by atoms with Crippen LogP contribution in [0.2, 0.25) is 0 Å². The zero-order chi connectivity index (χ0) is 13.2. The van der Waals surface area contributed by atoms with Crippen LogP contribution in [0.5, 0.6) is 0 Å². The fourth-order valence-electron chi connectivity index (χ4n) is 2.43. The van der Waals surface area contributed by atoms with Crippen LogP contribution in [-0.4, -0.2) is 19.1 Å². The molecule has 2 rings (SSSR count). The molecule has 1 heterocycles. The Morgan fingerprint density at radius 2 is 2.17 bits per heavy atom. The summed E-state index contributed by atoms with van der Waals surface area (Å²) in [6.45, 7) is 5.41. The Morgan fingerprint density at radius 3 is 2.61 bits per heavy atom. The van der Waals surface area contributed by atoms with Crippen LogP contribution in [0.4, 0.5) is 0 Å².